The van der Waals surface area contributed by atoms with Crippen LogP contribution >= 0.6 is 11.3 Å². The van der Waals surface area contributed by atoms with Crippen LogP contribution in [-0.2, 0) is 11.2 Å². The van der Waals surface area contributed by atoms with Gasteiger partial charge in [0.1, 0.15) is 5.75 Å². The maximum absolute atomic E-state index is 14.9. The second-order valence-corrected chi connectivity index (χ2v) is 19.2. The fraction of sp³-hybridized carbons (Fsp3) is 0.565. The molecule has 3 aromatic rings. The SMILES string of the molecule is C[C@]12CC[C@H]3[C@]4(C=C[C@@]5(C=C4C(=O)C4CCCCC4)CC(O)CC[C@]35C)[C@@H]1CC[C@@]2(O)CN(CCc1cccs1)C(=O)Oc1ccc2ccccc2c1. The summed E-state index contributed by atoms with van der Waals surface area (Å²) in [5, 5.41) is 28.3. The molecule has 1 aromatic heterocycles. The molecule has 7 aliphatic carbocycles. The molecule has 6 nitrogen and oxygen atoms in total. The normalized spacial score (nSPS) is 37.4. The third-order valence-corrected chi connectivity index (χ3v) is 16.7. The maximum atomic E-state index is 14.9. The fourth-order valence-corrected chi connectivity index (χ4v) is 13.5. The smallest absolute Gasteiger partial charge is 0.410 e. The van der Waals surface area contributed by atoms with E-state index in [1.807, 2.05) is 48.5 Å². The van der Waals surface area contributed by atoms with E-state index in [-0.39, 0.29) is 41.2 Å². The van der Waals surface area contributed by atoms with E-state index in [1.165, 1.54) is 11.3 Å². The highest BCUT2D eigenvalue weighted by molar-refractivity contribution is 7.09. The standard InChI is InChI=1S/C46H55NO5S/c1-42-20-16-34(48)28-44(42)23-24-46(37(29-44)40(49)32-10-4-3-5-11-32)38(42)17-21-43(2)39(46)18-22-45(43,51)30-47(25-19-36-13-8-26-53-36)41(50)52-35-15-14-31-9-6-7-12-33(31)27-35/h6-9,12-15,23-24,26-27,29,32,34,38-39,48,51H,3-5,10-11,16-22,25,28,30H2,1-2H3/t34?,38-,39-,42-,43+,44+,45-,46-/m1/s1. The Labute approximate surface area is 318 Å². The Hall–Kier alpha value is -3.26. The highest BCUT2D eigenvalue weighted by atomic mass is 32.1. The molecule has 0 aliphatic heterocycles. The molecule has 2 N–H and O–H groups in total. The first-order valence-electron chi connectivity index (χ1n) is 20.4. The predicted octanol–water partition coefficient (Wildman–Crippen LogP) is 9.69. The highest BCUT2D eigenvalue weighted by Crippen LogP contribution is 2.78. The number of carbonyl (C=O) groups excluding carboxylic acids is 2. The first kappa shape index (κ1) is 35.4. The number of nitrogens with zero attached hydrogens (tertiary/aromatic N) is 1. The molecule has 10 rings (SSSR count). The summed E-state index contributed by atoms with van der Waals surface area (Å²) in [7, 11) is 0. The van der Waals surface area contributed by atoms with Crippen LogP contribution in [0.5, 0.6) is 5.75 Å². The van der Waals surface area contributed by atoms with Gasteiger partial charge in [0, 0.05) is 39.2 Å². The Kier molecular flexibility index (Phi) is 8.64. The van der Waals surface area contributed by atoms with Crippen LogP contribution in [0.25, 0.3) is 10.8 Å². The van der Waals surface area contributed by atoms with Gasteiger partial charge < -0.3 is 19.8 Å². The zero-order valence-corrected chi connectivity index (χ0v) is 32.2. The van der Waals surface area contributed by atoms with Crippen molar-refractivity contribution in [2.24, 2.45) is 39.4 Å². The summed E-state index contributed by atoms with van der Waals surface area (Å²) in [6.45, 7) is 5.34. The lowest BCUT2D eigenvalue weighted by Gasteiger charge is -2.71. The van der Waals surface area contributed by atoms with E-state index >= 15 is 0 Å². The van der Waals surface area contributed by atoms with Crippen molar-refractivity contribution in [3.8, 4) is 5.75 Å². The number of amides is 1. The zero-order valence-electron chi connectivity index (χ0n) is 31.4. The molecule has 0 saturated heterocycles. The van der Waals surface area contributed by atoms with Crippen molar-refractivity contribution in [2.75, 3.05) is 13.1 Å². The van der Waals surface area contributed by atoms with Crippen molar-refractivity contribution in [3.63, 3.8) is 0 Å². The zero-order chi connectivity index (χ0) is 36.6. The van der Waals surface area contributed by atoms with Gasteiger partial charge >= 0.3 is 6.09 Å². The van der Waals surface area contributed by atoms with E-state index in [1.54, 1.807) is 16.2 Å². The average Bonchev–Trinajstić information content (AvgIpc) is 3.78. The molecule has 0 radical (unpaired) electrons. The van der Waals surface area contributed by atoms with Crippen LogP contribution in [0.4, 0.5) is 4.79 Å². The molecule has 280 valence electrons. The minimum absolute atomic E-state index is 0.0556. The molecule has 2 aromatic carbocycles. The summed E-state index contributed by atoms with van der Waals surface area (Å²) < 4.78 is 6.10. The second-order valence-electron chi connectivity index (χ2n) is 18.1. The number of aliphatic hydroxyl groups is 2. The van der Waals surface area contributed by atoms with Gasteiger partial charge in [0.15, 0.2) is 5.78 Å². The lowest BCUT2D eigenvalue weighted by Crippen LogP contribution is -2.67. The van der Waals surface area contributed by atoms with Crippen LogP contribution in [0.2, 0.25) is 0 Å². The summed E-state index contributed by atoms with van der Waals surface area (Å²) in [4.78, 5) is 32.1. The third kappa shape index (κ3) is 5.38. The number of Topliss-reactive ketones (excluding diaryl/α,β-unsaturated/α-hetero) is 1. The predicted molar refractivity (Wildman–Crippen MR) is 210 cm³/mol. The van der Waals surface area contributed by atoms with Crippen LogP contribution in [-0.4, -0.2) is 51.8 Å². The van der Waals surface area contributed by atoms with E-state index in [4.69, 9.17) is 4.74 Å². The van der Waals surface area contributed by atoms with Crippen molar-refractivity contribution < 1.29 is 24.5 Å². The molecule has 1 amide bonds. The molecule has 1 heterocycles. The first-order valence-corrected chi connectivity index (χ1v) is 21.2. The maximum Gasteiger partial charge on any atom is 0.415 e. The van der Waals surface area contributed by atoms with Gasteiger partial charge in [0.2, 0.25) is 0 Å². The highest BCUT2D eigenvalue weighted by Gasteiger charge is 2.74. The first-order chi connectivity index (χ1) is 25.5. The van der Waals surface area contributed by atoms with E-state index < -0.39 is 22.5 Å². The Morgan fingerprint density at radius 1 is 0.868 bits per heavy atom. The monoisotopic (exact) mass is 733 g/mol. The van der Waals surface area contributed by atoms with Gasteiger partial charge in [-0.15, -0.1) is 11.3 Å². The van der Waals surface area contributed by atoms with Gasteiger partial charge in [-0.1, -0.05) is 87.7 Å². The average molecular weight is 734 g/mol. The summed E-state index contributed by atoms with van der Waals surface area (Å²) in [5.41, 5.74) is -1.52. The number of hydrogen-bond donors (Lipinski definition) is 2. The largest absolute Gasteiger partial charge is 0.415 e. The molecular formula is C46H55NO5S. The van der Waals surface area contributed by atoms with Crippen LogP contribution in [0.1, 0.15) is 95.8 Å². The van der Waals surface area contributed by atoms with Crippen molar-refractivity contribution in [2.45, 2.75) is 109 Å². The molecule has 1 unspecified atom stereocenters. The van der Waals surface area contributed by atoms with Crippen molar-refractivity contribution in [1.29, 1.82) is 0 Å². The van der Waals surface area contributed by atoms with Gasteiger partial charge in [-0.05, 0) is 116 Å². The molecule has 2 spiro atoms. The van der Waals surface area contributed by atoms with E-state index in [0.717, 1.165) is 74.1 Å². The number of thiophene rings is 1. The van der Waals surface area contributed by atoms with Crippen molar-refractivity contribution >= 4 is 34.0 Å². The van der Waals surface area contributed by atoms with E-state index in [9.17, 15) is 19.8 Å². The summed E-state index contributed by atoms with van der Waals surface area (Å²) in [6.07, 6.45) is 17.9. The Balaban J connectivity index is 1.06. The van der Waals surface area contributed by atoms with Crippen LogP contribution in [0.3, 0.4) is 0 Å². The number of allylic oxidation sites excluding steroid dienone is 4. The number of hydrogen-bond acceptors (Lipinski definition) is 6. The van der Waals surface area contributed by atoms with Crippen LogP contribution in [0, 0.1) is 39.4 Å². The molecular weight excluding hydrogens is 679 g/mol. The minimum atomic E-state index is -1.16. The summed E-state index contributed by atoms with van der Waals surface area (Å²) in [6, 6.07) is 17.9. The van der Waals surface area contributed by atoms with Gasteiger partial charge in [-0.3, -0.25) is 4.79 Å². The number of ether oxygens (including phenoxy) is 1. The molecule has 2 bridgehead atoms. The summed E-state index contributed by atoms with van der Waals surface area (Å²) in [5.74, 6) is 1.22. The van der Waals surface area contributed by atoms with Crippen molar-refractivity contribution in [3.05, 3.63) is 88.7 Å². The molecule has 7 heteroatoms. The van der Waals surface area contributed by atoms with Gasteiger partial charge in [-0.2, -0.15) is 0 Å². The molecule has 4 fully saturated rings. The Morgan fingerprint density at radius 3 is 2.42 bits per heavy atom. The van der Waals surface area contributed by atoms with E-state index in [0.29, 0.717) is 37.3 Å². The third-order valence-electron chi connectivity index (χ3n) is 15.8. The second kappa shape index (κ2) is 12.9. The topological polar surface area (TPSA) is 87.1 Å². The van der Waals surface area contributed by atoms with Crippen LogP contribution < -0.4 is 4.74 Å². The quantitative estimate of drug-likeness (QED) is 0.225. The number of fused-ring (bicyclic) bond motifs is 2. The van der Waals surface area contributed by atoms with Crippen molar-refractivity contribution in [1.82, 2.24) is 4.90 Å². The summed E-state index contributed by atoms with van der Waals surface area (Å²) >= 11 is 1.68. The lowest BCUT2D eigenvalue weighted by atomic mass is 9.32. The fourth-order valence-electron chi connectivity index (χ4n) is 12.9. The van der Waals surface area contributed by atoms with Gasteiger partial charge in [-0.25, -0.2) is 4.79 Å². The molecule has 8 atom stereocenters. The van der Waals surface area contributed by atoms with E-state index in [2.05, 4.69) is 43.5 Å². The molecule has 7 aliphatic rings. The number of benzene rings is 2. The number of carbonyl (C=O) groups is 2. The lowest BCUT2D eigenvalue weighted by molar-refractivity contribution is -0.178. The number of aliphatic hydroxyl groups excluding tert-OH is 1. The number of ketones is 1. The Morgan fingerprint density at radius 2 is 1.62 bits per heavy atom. The number of rotatable bonds is 8. The molecule has 4 saturated carbocycles. The van der Waals surface area contributed by atoms with Gasteiger partial charge in [0.05, 0.1) is 18.2 Å². The minimum Gasteiger partial charge on any atom is -0.410 e. The molecule has 53 heavy (non-hydrogen) atoms. The Bertz CT molecular complexity index is 1960. The van der Waals surface area contributed by atoms with Crippen LogP contribution in [0.15, 0.2) is 83.8 Å². The van der Waals surface area contributed by atoms with Gasteiger partial charge in [0.25, 0.3) is 0 Å².